The van der Waals surface area contributed by atoms with E-state index in [1.165, 1.54) is 5.56 Å². The van der Waals surface area contributed by atoms with E-state index < -0.39 is 0 Å². The molecule has 0 saturated heterocycles. The van der Waals surface area contributed by atoms with E-state index in [-0.39, 0.29) is 0 Å². The van der Waals surface area contributed by atoms with Gasteiger partial charge in [-0.2, -0.15) is 0 Å². The number of ether oxygens (including phenoxy) is 1. The van der Waals surface area contributed by atoms with Gasteiger partial charge in [-0.1, -0.05) is 12.1 Å². The Morgan fingerprint density at radius 3 is 2.93 bits per heavy atom. The van der Waals surface area contributed by atoms with E-state index in [9.17, 15) is 0 Å². The molecule has 1 heterocycles. The summed E-state index contributed by atoms with van der Waals surface area (Å²) < 4.78 is 7.43. The van der Waals surface area contributed by atoms with Crippen molar-refractivity contribution in [1.82, 2.24) is 14.8 Å². The van der Waals surface area contributed by atoms with Crippen molar-refractivity contribution in [2.75, 3.05) is 0 Å². The molecule has 78 valence electrons. The molecule has 0 N–H and O–H groups in total. The van der Waals surface area contributed by atoms with Crippen LogP contribution in [-0.4, -0.2) is 14.8 Å². The van der Waals surface area contributed by atoms with Crippen molar-refractivity contribution in [2.24, 2.45) is 7.05 Å². The van der Waals surface area contributed by atoms with Gasteiger partial charge in [0.25, 0.3) is 0 Å². The van der Waals surface area contributed by atoms with Gasteiger partial charge in [0, 0.05) is 7.05 Å². The highest BCUT2D eigenvalue weighted by atomic mass is 16.5. The van der Waals surface area contributed by atoms with Crippen LogP contribution in [0.1, 0.15) is 11.4 Å². The Hall–Kier alpha value is -1.84. The first-order valence-corrected chi connectivity index (χ1v) is 4.78. The number of hydrogen-bond acceptors (Lipinski definition) is 3. The Morgan fingerprint density at radius 1 is 1.40 bits per heavy atom. The molecule has 0 saturated carbocycles. The van der Waals surface area contributed by atoms with Gasteiger partial charge in [0.15, 0.2) is 5.82 Å². The summed E-state index contributed by atoms with van der Waals surface area (Å²) in [6, 6.07) is 7.94. The molecule has 0 spiro atoms. The summed E-state index contributed by atoms with van der Waals surface area (Å²) in [4.78, 5) is 0. The van der Waals surface area contributed by atoms with Gasteiger partial charge < -0.3 is 9.30 Å². The van der Waals surface area contributed by atoms with Gasteiger partial charge in [0.2, 0.25) is 0 Å². The summed E-state index contributed by atoms with van der Waals surface area (Å²) in [7, 11) is 1.90. The van der Waals surface area contributed by atoms with Crippen LogP contribution in [0.3, 0.4) is 0 Å². The predicted octanol–water partition coefficient (Wildman–Crippen LogP) is 1.70. The number of aryl methyl sites for hydroxylation is 2. The van der Waals surface area contributed by atoms with Gasteiger partial charge >= 0.3 is 0 Å². The second-order valence-electron chi connectivity index (χ2n) is 3.46. The second-order valence-corrected chi connectivity index (χ2v) is 3.46. The minimum atomic E-state index is 0.444. The van der Waals surface area contributed by atoms with E-state index in [4.69, 9.17) is 4.74 Å². The number of aromatic nitrogens is 3. The van der Waals surface area contributed by atoms with E-state index in [2.05, 4.69) is 10.2 Å². The average Bonchev–Trinajstić information content (AvgIpc) is 2.61. The van der Waals surface area contributed by atoms with Crippen LogP contribution in [-0.2, 0) is 13.7 Å². The summed E-state index contributed by atoms with van der Waals surface area (Å²) in [6.45, 7) is 2.48. The summed E-state index contributed by atoms with van der Waals surface area (Å²) >= 11 is 0. The lowest BCUT2D eigenvalue weighted by molar-refractivity contribution is 0.291. The van der Waals surface area contributed by atoms with E-state index >= 15 is 0 Å². The van der Waals surface area contributed by atoms with E-state index in [0.29, 0.717) is 6.61 Å². The van der Waals surface area contributed by atoms with E-state index in [1.807, 2.05) is 42.8 Å². The van der Waals surface area contributed by atoms with Gasteiger partial charge in [-0.3, -0.25) is 0 Å². The first kappa shape index (κ1) is 9.71. The van der Waals surface area contributed by atoms with Crippen LogP contribution in [0.4, 0.5) is 0 Å². The molecule has 0 aliphatic rings. The van der Waals surface area contributed by atoms with Crippen LogP contribution in [0.15, 0.2) is 30.6 Å². The summed E-state index contributed by atoms with van der Waals surface area (Å²) in [5, 5.41) is 7.73. The molecule has 1 aromatic carbocycles. The van der Waals surface area contributed by atoms with E-state index in [1.54, 1.807) is 6.33 Å². The van der Waals surface area contributed by atoms with Crippen LogP contribution >= 0.6 is 0 Å². The maximum atomic E-state index is 5.59. The zero-order valence-electron chi connectivity index (χ0n) is 8.84. The molecule has 0 aliphatic heterocycles. The van der Waals surface area contributed by atoms with Gasteiger partial charge in [0.05, 0.1) is 0 Å². The Morgan fingerprint density at radius 2 is 2.27 bits per heavy atom. The van der Waals surface area contributed by atoms with Crippen LogP contribution in [0.5, 0.6) is 5.75 Å². The maximum absolute atomic E-state index is 5.59. The van der Waals surface area contributed by atoms with Crippen molar-refractivity contribution in [2.45, 2.75) is 13.5 Å². The summed E-state index contributed by atoms with van der Waals surface area (Å²) in [5.41, 5.74) is 1.19. The quantitative estimate of drug-likeness (QED) is 0.762. The molecule has 0 unspecified atom stereocenters. The SMILES string of the molecule is Cc1cccc(OCc2nncn2C)c1. The maximum Gasteiger partial charge on any atom is 0.170 e. The predicted molar refractivity (Wildman–Crippen MR) is 56.5 cm³/mol. The fourth-order valence-corrected chi connectivity index (χ4v) is 1.29. The minimum absolute atomic E-state index is 0.444. The first-order valence-electron chi connectivity index (χ1n) is 4.78. The number of nitrogens with zero attached hydrogens (tertiary/aromatic N) is 3. The fourth-order valence-electron chi connectivity index (χ4n) is 1.29. The normalized spacial score (nSPS) is 10.3. The highest BCUT2D eigenvalue weighted by Crippen LogP contribution is 2.13. The number of hydrogen-bond donors (Lipinski definition) is 0. The van der Waals surface area contributed by atoms with Crippen molar-refractivity contribution >= 4 is 0 Å². The topological polar surface area (TPSA) is 39.9 Å². The van der Waals surface area contributed by atoms with Gasteiger partial charge in [0.1, 0.15) is 18.7 Å². The summed E-state index contributed by atoms with van der Waals surface area (Å²) in [6.07, 6.45) is 1.66. The molecular formula is C11H13N3O. The fraction of sp³-hybridized carbons (Fsp3) is 0.273. The Balaban J connectivity index is 2.02. The lowest BCUT2D eigenvalue weighted by atomic mass is 10.2. The number of benzene rings is 1. The molecule has 0 fully saturated rings. The standard InChI is InChI=1S/C11H13N3O/c1-9-4-3-5-10(6-9)15-7-11-13-12-8-14(11)2/h3-6,8H,7H2,1-2H3. The van der Waals surface area contributed by atoms with Gasteiger partial charge in [-0.05, 0) is 24.6 Å². The molecule has 15 heavy (non-hydrogen) atoms. The van der Waals surface area contributed by atoms with Crippen LogP contribution in [0.2, 0.25) is 0 Å². The molecule has 0 atom stereocenters. The largest absolute Gasteiger partial charge is 0.486 e. The highest BCUT2D eigenvalue weighted by Gasteiger charge is 2.01. The third-order valence-electron chi connectivity index (χ3n) is 2.16. The van der Waals surface area contributed by atoms with Crippen molar-refractivity contribution in [3.05, 3.63) is 42.0 Å². The van der Waals surface area contributed by atoms with Crippen molar-refractivity contribution < 1.29 is 4.74 Å². The van der Waals surface area contributed by atoms with Gasteiger partial charge in [-0.25, -0.2) is 0 Å². The van der Waals surface area contributed by atoms with E-state index in [0.717, 1.165) is 11.6 Å². The van der Waals surface area contributed by atoms with Crippen LogP contribution < -0.4 is 4.74 Å². The monoisotopic (exact) mass is 203 g/mol. The molecule has 4 nitrogen and oxygen atoms in total. The molecule has 1 aromatic heterocycles. The molecular weight excluding hydrogens is 190 g/mol. The second kappa shape index (κ2) is 4.13. The van der Waals surface area contributed by atoms with Crippen LogP contribution in [0.25, 0.3) is 0 Å². The molecule has 0 bridgehead atoms. The third-order valence-corrected chi connectivity index (χ3v) is 2.16. The average molecular weight is 203 g/mol. The van der Waals surface area contributed by atoms with Crippen molar-refractivity contribution in [1.29, 1.82) is 0 Å². The van der Waals surface area contributed by atoms with Crippen LogP contribution in [0, 0.1) is 6.92 Å². The minimum Gasteiger partial charge on any atom is -0.486 e. The molecule has 0 amide bonds. The molecule has 2 rings (SSSR count). The van der Waals surface area contributed by atoms with Gasteiger partial charge in [-0.15, -0.1) is 10.2 Å². The number of rotatable bonds is 3. The molecule has 4 heteroatoms. The Bertz CT molecular complexity index is 451. The van der Waals surface area contributed by atoms with Crippen molar-refractivity contribution in [3.8, 4) is 5.75 Å². The molecule has 2 aromatic rings. The first-order chi connectivity index (χ1) is 7.25. The molecule has 0 aliphatic carbocycles. The molecule has 0 radical (unpaired) electrons. The van der Waals surface area contributed by atoms with Crippen molar-refractivity contribution in [3.63, 3.8) is 0 Å². The zero-order chi connectivity index (χ0) is 10.7. The lowest BCUT2D eigenvalue weighted by Crippen LogP contribution is -2.02. The zero-order valence-corrected chi connectivity index (χ0v) is 8.84. The third kappa shape index (κ3) is 2.34. The highest BCUT2D eigenvalue weighted by molar-refractivity contribution is 5.27. The smallest absolute Gasteiger partial charge is 0.170 e. The Labute approximate surface area is 88.5 Å². The Kier molecular flexibility index (Phi) is 2.67. The lowest BCUT2D eigenvalue weighted by Gasteiger charge is -2.05. The summed E-state index contributed by atoms with van der Waals surface area (Å²) in [5.74, 6) is 1.68.